The van der Waals surface area contributed by atoms with Crippen molar-refractivity contribution >= 4 is 17.2 Å². The third-order valence-electron chi connectivity index (χ3n) is 3.79. The van der Waals surface area contributed by atoms with Crippen molar-refractivity contribution < 1.29 is 14.6 Å². The van der Waals surface area contributed by atoms with Gasteiger partial charge >= 0.3 is 0 Å². The van der Waals surface area contributed by atoms with E-state index in [4.69, 9.17) is 21.1 Å². The molecular weight excluding hydrogens is 312 g/mol. The molecule has 4 heteroatoms. The van der Waals surface area contributed by atoms with Gasteiger partial charge in [-0.3, -0.25) is 0 Å². The fraction of sp³-hybridized carbons (Fsp3) is 0.579. The number of ether oxygens (including phenoxy) is 2. The summed E-state index contributed by atoms with van der Waals surface area (Å²) in [4.78, 5) is 0. The highest BCUT2D eigenvalue weighted by Gasteiger charge is 2.32. The van der Waals surface area contributed by atoms with E-state index < -0.39 is 5.60 Å². The normalized spacial score (nSPS) is 16.2. The molecule has 0 unspecified atom stereocenters. The summed E-state index contributed by atoms with van der Waals surface area (Å²) in [5, 5.41) is 9.89. The number of hydrogen-bond donors (Lipinski definition) is 1. The smallest absolute Gasteiger partial charge is 0.150 e. The highest BCUT2D eigenvalue weighted by molar-refractivity contribution is 6.34. The Morgan fingerprint density at radius 1 is 1.26 bits per heavy atom. The number of benzene rings is 1. The Bertz CT molecular complexity index is 616. The zero-order valence-corrected chi connectivity index (χ0v) is 15.6. The molecule has 0 bridgehead atoms. The quantitative estimate of drug-likeness (QED) is 0.832. The van der Waals surface area contributed by atoms with Crippen molar-refractivity contribution in [3.63, 3.8) is 0 Å². The monoisotopic (exact) mass is 338 g/mol. The van der Waals surface area contributed by atoms with E-state index in [1.807, 2.05) is 27.7 Å². The van der Waals surface area contributed by atoms with Gasteiger partial charge in [0.15, 0.2) is 5.75 Å². The van der Waals surface area contributed by atoms with Crippen molar-refractivity contribution in [1.82, 2.24) is 0 Å². The van der Waals surface area contributed by atoms with Crippen molar-refractivity contribution in [2.45, 2.75) is 59.7 Å². The largest absolute Gasteiger partial charge is 0.489 e. The molecule has 23 heavy (non-hydrogen) atoms. The Morgan fingerprint density at radius 3 is 2.43 bits per heavy atom. The Kier molecular flexibility index (Phi) is 5.32. The lowest BCUT2D eigenvalue weighted by Gasteiger charge is -2.34. The standard InChI is InChI=1S/C19H27ClO3/c1-11(2)15-10-19(5,6)23-18-14(15)9-13(7-8-21)17(16(18)20)22-12(3)4/h9-12,21H,7-8H2,1-6H3. The lowest BCUT2D eigenvalue weighted by molar-refractivity contribution is 0.155. The van der Waals surface area contributed by atoms with E-state index in [2.05, 4.69) is 26.0 Å². The molecule has 3 nitrogen and oxygen atoms in total. The second-order valence-electron chi connectivity index (χ2n) is 7.16. The highest BCUT2D eigenvalue weighted by Crippen LogP contribution is 2.48. The predicted octanol–water partition coefficient (Wildman–Crippen LogP) is 4.87. The summed E-state index contributed by atoms with van der Waals surface area (Å²) in [7, 11) is 0. The summed E-state index contributed by atoms with van der Waals surface area (Å²) in [6, 6.07) is 2.05. The third kappa shape index (κ3) is 3.84. The van der Waals surface area contributed by atoms with Crippen molar-refractivity contribution in [3.8, 4) is 11.5 Å². The average molecular weight is 339 g/mol. The van der Waals surface area contributed by atoms with Crippen LogP contribution in [0.25, 0.3) is 5.57 Å². The van der Waals surface area contributed by atoms with Crippen molar-refractivity contribution in [1.29, 1.82) is 0 Å². The van der Waals surface area contributed by atoms with E-state index in [-0.39, 0.29) is 12.7 Å². The summed E-state index contributed by atoms with van der Waals surface area (Å²) in [6.45, 7) is 12.4. The first-order valence-corrected chi connectivity index (χ1v) is 8.59. The van der Waals surface area contributed by atoms with Gasteiger partial charge in [-0.1, -0.05) is 25.4 Å². The molecule has 0 amide bonds. The molecule has 1 aliphatic heterocycles. The molecule has 0 fully saturated rings. The molecule has 1 heterocycles. The van der Waals surface area contributed by atoms with Gasteiger partial charge in [0.05, 0.1) is 6.10 Å². The van der Waals surface area contributed by atoms with Gasteiger partial charge in [-0.2, -0.15) is 0 Å². The number of fused-ring (bicyclic) bond motifs is 1. The van der Waals surface area contributed by atoms with Crippen LogP contribution in [0.15, 0.2) is 12.1 Å². The summed E-state index contributed by atoms with van der Waals surface area (Å²) < 4.78 is 12.1. The van der Waals surface area contributed by atoms with Crippen LogP contribution < -0.4 is 9.47 Å². The molecule has 0 aliphatic carbocycles. The van der Waals surface area contributed by atoms with Crippen LogP contribution in [0.4, 0.5) is 0 Å². The minimum atomic E-state index is -0.413. The van der Waals surface area contributed by atoms with Crippen molar-refractivity contribution in [2.24, 2.45) is 5.92 Å². The van der Waals surface area contributed by atoms with Gasteiger partial charge in [0.2, 0.25) is 0 Å². The third-order valence-corrected chi connectivity index (χ3v) is 4.13. The second kappa shape index (κ2) is 6.74. The van der Waals surface area contributed by atoms with Crippen molar-refractivity contribution in [2.75, 3.05) is 6.61 Å². The summed E-state index contributed by atoms with van der Waals surface area (Å²) in [5.41, 5.74) is 2.72. The van der Waals surface area contributed by atoms with Gasteiger partial charge < -0.3 is 14.6 Å². The molecule has 1 aromatic carbocycles. The molecule has 0 spiro atoms. The van der Waals surface area contributed by atoms with E-state index >= 15 is 0 Å². The van der Waals surface area contributed by atoms with E-state index in [0.29, 0.717) is 28.9 Å². The van der Waals surface area contributed by atoms with Crippen LogP contribution in [-0.4, -0.2) is 23.4 Å². The SMILES string of the molecule is CC(C)Oc1c(CCO)cc2c(c1Cl)OC(C)(C)C=C2C(C)C. The molecule has 2 rings (SSSR count). The lowest BCUT2D eigenvalue weighted by Crippen LogP contribution is -2.30. The van der Waals surface area contributed by atoms with Gasteiger partial charge in [-0.25, -0.2) is 0 Å². The minimum absolute atomic E-state index is 0.000273. The summed E-state index contributed by atoms with van der Waals surface area (Å²) in [5.74, 6) is 1.65. The van der Waals surface area contributed by atoms with E-state index in [0.717, 1.165) is 11.1 Å². The minimum Gasteiger partial charge on any atom is -0.489 e. The molecule has 0 atom stereocenters. The maximum atomic E-state index is 9.39. The zero-order chi connectivity index (χ0) is 17.4. The number of aliphatic hydroxyl groups excluding tert-OH is 1. The molecule has 0 saturated carbocycles. The Morgan fingerprint density at radius 2 is 1.91 bits per heavy atom. The maximum absolute atomic E-state index is 9.39. The Hall–Kier alpha value is -1.19. The van der Waals surface area contributed by atoms with E-state index in [1.165, 1.54) is 5.57 Å². The first-order valence-electron chi connectivity index (χ1n) is 8.21. The lowest BCUT2D eigenvalue weighted by atomic mass is 9.86. The second-order valence-corrected chi connectivity index (χ2v) is 7.53. The van der Waals surface area contributed by atoms with Crippen LogP contribution in [0.3, 0.4) is 0 Å². The number of halogens is 1. The molecular formula is C19H27ClO3. The zero-order valence-electron chi connectivity index (χ0n) is 14.9. The molecule has 128 valence electrons. The molecule has 0 aromatic heterocycles. The van der Waals surface area contributed by atoms with Crippen molar-refractivity contribution in [3.05, 3.63) is 28.3 Å². The fourth-order valence-corrected chi connectivity index (χ4v) is 3.18. The number of allylic oxidation sites excluding steroid dienone is 1. The maximum Gasteiger partial charge on any atom is 0.150 e. The van der Waals surface area contributed by atoms with Crippen LogP contribution in [0, 0.1) is 5.92 Å². The van der Waals surface area contributed by atoms with Crippen LogP contribution in [-0.2, 0) is 6.42 Å². The first kappa shape index (κ1) is 18.2. The first-order chi connectivity index (χ1) is 10.7. The molecule has 1 aliphatic rings. The van der Waals surface area contributed by atoms with Gasteiger partial charge in [0.1, 0.15) is 16.4 Å². The molecule has 1 N–H and O–H groups in total. The Balaban J connectivity index is 2.68. The predicted molar refractivity (Wildman–Crippen MR) is 95.5 cm³/mol. The summed E-state index contributed by atoms with van der Waals surface area (Å²) in [6.07, 6.45) is 2.66. The van der Waals surface area contributed by atoms with Gasteiger partial charge in [0, 0.05) is 12.2 Å². The van der Waals surface area contributed by atoms with Crippen LogP contribution in [0.5, 0.6) is 11.5 Å². The van der Waals surface area contributed by atoms with Gasteiger partial charge in [-0.15, -0.1) is 0 Å². The molecule has 0 radical (unpaired) electrons. The number of hydrogen-bond acceptors (Lipinski definition) is 3. The van der Waals surface area contributed by atoms with Crippen LogP contribution in [0.1, 0.15) is 52.7 Å². The van der Waals surface area contributed by atoms with Gasteiger partial charge in [0.25, 0.3) is 0 Å². The van der Waals surface area contributed by atoms with E-state index in [9.17, 15) is 5.11 Å². The molecule has 1 aromatic rings. The van der Waals surface area contributed by atoms with Crippen LogP contribution >= 0.6 is 11.6 Å². The molecule has 0 saturated heterocycles. The average Bonchev–Trinajstić information content (AvgIpc) is 2.42. The number of rotatable bonds is 5. The van der Waals surface area contributed by atoms with Gasteiger partial charge in [-0.05, 0) is 63.3 Å². The fourth-order valence-electron chi connectivity index (χ4n) is 2.87. The Labute approximate surface area is 144 Å². The topological polar surface area (TPSA) is 38.7 Å². The highest BCUT2D eigenvalue weighted by atomic mass is 35.5. The number of aliphatic hydroxyl groups is 1. The van der Waals surface area contributed by atoms with Crippen LogP contribution in [0.2, 0.25) is 5.02 Å². The van der Waals surface area contributed by atoms with E-state index in [1.54, 1.807) is 0 Å². The summed E-state index contributed by atoms with van der Waals surface area (Å²) >= 11 is 6.65.